The molecule has 3 rings (SSSR count). The third kappa shape index (κ3) is 2.64. The Kier molecular flexibility index (Phi) is 3.65. The van der Waals surface area contributed by atoms with Crippen molar-refractivity contribution in [1.29, 1.82) is 0 Å². The van der Waals surface area contributed by atoms with Crippen LogP contribution in [0.3, 0.4) is 0 Å². The summed E-state index contributed by atoms with van der Waals surface area (Å²) in [5.41, 5.74) is 7.38. The number of hydrogen-bond acceptors (Lipinski definition) is 5. The van der Waals surface area contributed by atoms with E-state index in [9.17, 15) is 0 Å². The normalized spacial score (nSPS) is 13.2. The van der Waals surface area contributed by atoms with E-state index < -0.39 is 0 Å². The maximum atomic E-state index is 6.18. The van der Waals surface area contributed by atoms with Gasteiger partial charge in [-0.25, -0.2) is 4.98 Å². The minimum Gasteiger partial charge on any atom is -0.332 e. The van der Waals surface area contributed by atoms with Crippen LogP contribution in [0.25, 0.3) is 17.2 Å². The van der Waals surface area contributed by atoms with Gasteiger partial charge in [0.15, 0.2) is 16.7 Å². The topological polar surface area (TPSA) is 82.2 Å². The molecule has 0 bridgehead atoms. The molecule has 0 spiro atoms. The molecule has 3 heterocycles. The molecule has 7 heteroatoms. The van der Waals surface area contributed by atoms with Crippen LogP contribution in [0, 0.1) is 5.92 Å². The molecule has 0 fully saturated rings. The van der Waals surface area contributed by atoms with Crippen LogP contribution < -0.4 is 5.73 Å². The van der Waals surface area contributed by atoms with E-state index in [1.165, 1.54) is 0 Å². The van der Waals surface area contributed by atoms with Crippen LogP contribution in [-0.4, -0.2) is 19.5 Å². The number of aromatic nitrogens is 4. The van der Waals surface area contributed by atoms with E-state index in [0.29, 0.717) is 28.5 Å². The lowest BCUT2D eigenvalue weighted by Gasteiger charge is -2.08. The zero-order chi connectivity index (χ0) is 15.0. The van der Waals surface area contributed by atoms with Crippen LogP contribution in [0.2, 0.25) is 5.15 Å². The highest BCUT2D eigenvalue weighted by atomic mass is 35.5. The first kappa shape index (κ1) is 14.0. The van der Waals surface area contributed by atoms with E-state index in [1.54, 1.807) is 0 Å². The summed E-state index contributed by atoms with van der Waals surface area (Å²) in [6.45, 7) is 4.20. The molecule has 3 aromatic heterocycles. The van der Waals surface area contributed by atoms with Gasteiger partial charge in [0.25, 0.3) is 5.89 Å². The van der Waals surface area contributed by atoms with E-state index in [2.05, 4.69) is 29.0 Å². The molecule has 0 aliphatic carbocycles. The quantitative estimate of drug-likeness (QED) is 0.801. The highest BCUT2D eigenvalue weighted by molar-refractivity contribution is 6.32. The predicted octanol–water partition coefficient (Wildman–Crippen LogP) is 3.08. The van der Waals surface area contributed by atoms with Crippen molar-refractivity contribution >= 4 is 17.2 Å². The van der Waals surface area contributed by atoms with E-state index >= 15 is 0 Å². The lowest BCUT2D eigenvalue weighted by Crippen LogP contribution is -2.14. The van der Waals surface area contributed by atoms with Crippen LogP contribution in [-0.2, 0) is 0 Å². The summed E-state index contributed by atoms with van der Waals surface area (Å²) in [5.74, 6) is 1.27. The molecule has 21 heavy (non-hydrogen) atoms. The average Bonchev–Trinajstić information content (AvgIpc) is 3.00. The predicted molar refractivity (Wildman–Crippen MR) is 79.9 cm³/mol. The lowest BCUT2D eigenvalue weighted by molar-refractivity contribution is 0.404. The number of rotatable bonds is 4. The van der Waals surface area contributed by atoms with Crippen molar-refractivity contribution in [3.05, 3.63) is 35.4 Å². The van der Waals surface area contributed by atoms with Gasteiger partial charge in [-0.2, -0.15) is 4.98 Å². The average molecular weight is 306 g/mol. The van der Waals surface area contributed by atoms with E-state index in [-0.39, 0.29) is 6.04 Å². The Balaban J connectivity index is 2.00. The third-order valence-corrected chi connectivity index (χ3v) is 3.45. The molecule has 110 valence electrons. The third-order valence-electron chi connectivity index (χ3n) is 3.19. The summed E-state index contributed by atoms with van der Waals surface area (Å²) >= 11 is 6.18. The highest BCUT2D eigenvalue weighted by Gasteiger charge is 2.21. The molecule has 1 atom stereocenters. The van der Waals surface area contributed by atoms with Crippen molar-refractivity contribution in [3.8, 4) is 11.6 Å². The number of pyridine rings is 1. The molecule has 2 N–H and O–H groups in total. The summed E-state index contributed by atoms with van der Waals surface area (Å²) < 4.78 is 7.13. The molecule has 0 aliphatic rings. The molecule has 0 saturated heterocycles. The van der Waals surface area contributed by atoms with E-state index in [4.69, 9.17) is 21.9 Å². The molecule has 0 radical (unpaired) electrons. The van der Waals surface area contributed by atoms with Gasteiger partial charge in [-0.15, -0.1) is 0 Å². The Hall–Kier alpha value is -1.92. The van der Waals surface area contributed by atoms with Crippen LogP contribution in [0.4, 0.5) is 0 Å². The summed E-state index contributed by atoms with van der Waals surface area (Å²) in [7, 11) is 0. The highest BCUT2D eigenvalue weighted by Crippen LogP contribution is 2.28. The maximum Gasteiger partial charge on any atom is 0.278 e. The summed E-state index contributed by atoms with van der Waals surface area (Å²) in [5, 5.41) is 4.29. The SMILES string of the molecule is CC(C)CC(N)c1noc(-c2c(Cl)nc3ccccn23)n1. The number of nitrogens with two attached hydrogens (primary N) is 1. The standard InChI is InChI=1S/C14H16ClN5O/c1-8(2)7-9(16)13-18-14(21-19-13)11-12(15)17-10-5-3-4-6-20(10)11/h3-6,8-9H,7,16H2,1-2H3. The fraction of sp³-hybridized carbons (Fsp3) is 0.357. The van der Waals surface area contributed by atoms with Crippen molar-refractivity contribution in [2.75, 3.05) is 0 Å². The van der Waals surface area contributed by atoms with E-state index in [1.807, 2.05) is 28.8 Å². The van der Waals surface area contributed by atoms with Gasteiger partial charge in [0.05, 0.1) is 6.04 Å². The molecule has 0 amide bonds. The molecule has 0 aromatic carbocycles. The van der Waals surface area contributed by atoms with Gasteiger partial charge < -0.3 is 10.3 Å². The van der Waals surface area contributed by atoms with Crippen molar-refractivity contribution in [1.82, 2.24) is 19.5 Å². The van der Waals surface area contributed by atoms with Gasteiger partial charge in [-0.05, 0) is 24.5 Å². The lowest BCUT2D eigenvalue weighted by atomic mass is 10.0. The number of fused-ring (bicyclic) bond motifs is 1. The van der Waals surface area contributed by atoms with Crippen molar-refractivity contribution in [2.45, 2.75) is 26.3 Å². The minimum absolute atomic E-state index is 0.250. The number of halogens is 1. The van der Waals surface area contributed by atoms with Gasteiger partial charge in [-0.3, -0.25) is 4.40 Å². The number of imidazole rings is 1. The molecule has 3 aromatic rings. The maximum absolute atomic E-state index is 6.18. The van der Waals surface area contributed by atoms with Crippen LogP contribution >= 0.6 is 11.6 Å². The molecule has 6 nitrogen and oxygen atoms in total. The fourth-order valence-electron chi connectivity index (χ4n) is 2.25. The first-order chi connectivity index (χ1) is 10.1. The van der Waals surface area contributed by atoms with E-state index in [0.717, 1.165) is 12.1 Å². The Morgan fingerprint density at radius 3 is 2.90 bits per heavy atom. The van der Waals surface area contributed by atoms with Crippen molar-refractivity contribution in [2.24, 2.45) is 11.7 Å². The molecule has 0 aliphatic heterocycles. The fourth-order valence-corrected chi connectivity index (χ4v) is 2.51. The Labute approximate surface area is 126 Å². The Bertz CT molecular complexity index is 764. The van der Waals surface area contributed by atoms with Crippen LogP contribution in [0.15, 0.2) is 28.9 Å². The number of nitrogens with zero attached hydrogens (tertiary/aromatic N) is 4. The Morgan fingerprint density at radius 1 is 1.33 bits per heavy atom. The van der Waals surface area contributed by atoms with Gasteiger partial charge in [0.1, 0.15) is 5.65 Å². The molecule has 0 saturated carbocycles. The summed E-state index contributed by atoms with van der Waals surface area (Å²) in [6, 6.07) is 5.38. The van der Waals surface area contributed by atoms with Gasteiger partial charge in [0, 0.05) is 6.20 Å². The zero-order valence-electron chi connectivity index (χ0n) is 11.8. The largest absolute Gasteiger partial charge is 0.332 e. The number of hydrogen-bond donors (Lipinski definition) is 1. The molecule has 1 unspecified atom stereocenters. The second kappa shape index (κ2) is 5.46. The summed E-state index contributed by atoms with van der Waals surface area (Å²) in [4.78, 5) is 8.63. The van der Waals surface area contributed by atoms with Crippen molar-refractivity contribution in [3.63, 3.8) is 0 Å². The first-order valence-corrected chi connectivity index (χ1v) is 7.16. The smallest absolute Gasteiger partial charge is 0.278 e. The molecular weight excluding hydrogens is 290 g/mol. The van der Waals surface area contributed by atoms with Gasteiger partial charge >= 0.3 is 0 Å². The molecular formula is C14H16ClN5O. The van der Waals surface area contributed by atoms with Gasteiger partial charge in [-0.1, -0.05) is 36.7 Å². The van der Waals surface area contributed by atoms with Crippen LogP contribution in [0.5, 0.6) is 0 Å². The second-order valence-electron chi connectivity index (χ2n) is 5.37. The van der Waals surface area contributed by atoms with Crippen molar-refractivity contribution < 1.29 is 4.52 Å². The van der Waals surface area contributed by atoms with Crippen LogP contribution in [0.1, 0.15) is 32.1 Å². The summed E-state index contributed by atoms with van der Waals surface area (Å²) in [6.07, 6.45) is 2.64. The first-order valence-electron chi connectivity index (χ1n) is 6.78. The zero-order valence-corrected chi connectivity index (χ0v) is 12.6. The van der Waals surface area contributed by atoms with Gasteiger partial charge in [0.2, 0.25) is 0 Å². The Morgan fingerprint density at radius 2 is 2.14 bits per heavy atom. The monoisotopic (exact) mass is 305 g/mol. The minimum atomic E-state index is -0.250. The second-order valence-corrected chi connectivity index (χ2v) is 5.73.